The number of hydrogen-bond donors (Lipinski definition) is 0. The van der Waals surface area contributed by atoms with Crippen molar-refractivity contribution in [2.75, 3.05) is 37.6 Å². The summed E-state index contributed by atoms with van der Waals surface area (Å²) in [6, 6.07) is 8.77. The van der Waals surface area contributed by atoms with E-state index in [0.717, 1.165) is 18.5 Å². The second-order valence-corrected chi connectivity index (χ2v) is 7.91. The van der Waals surface area contributed by atoms with Crippen LogP contribution in [0.1, 0.15) is 18.7 Å². The molecule has 1 aromatic carbocycles. The van der Waals surface area contributed by atoms with Crippen LogP contribution in [0.25, 0.3) is 0 Å². The highest BCUT2D eigenvalue weighted by Crippen LogP contribution is 2.24. The zero-order valence-electron chi connectivity index (χ0n) is 16.8. The molecule has 0 atom stereocenters. The molecular weight excluding hydrogens is 406 g/mol. The summed E-state index contributed by atoms with van der Waals surface area (Å²) in [5.41, 5.74) is 0.750. The highest BCUT2D eigenvalue weighted by Gasteiger charge is 2.33. The van der Waals surface area contributed by atoms with Crippen molar-refractivity contribution in [3.05, 3.63) is 47.4 Å². The molecular formula is C21H24ClN5O3. The van der Waals surface area contributed by atoms with Crippen molar-refractivity contribution in [1.29, 1.82) is 0 Å². The summed E-state index contributed by atoms with van der Waals surface area (Å²) >= 11 is 6.03. The normalized spacial score (nSPS) is 17.5. The lowest BCUT2D eigenvalue weighted by Crippen LogP contribution is -2.47. The molecule has 3 amide bonds. The molecule has 4 rings (SSSR count). The fourth-order valence-electron chi connectivity index (χ4n) is 3.77. The lowest BCUT2D eigenvalue weighted by Gasteiger charge is -2.32. The van der Waals surface area contributed by atoms with Crippen LogP contribution in [0.2, 0.25) is 5.02 Å². The first kappa shape index (κ1) is 20.4. The van der Waals surface area contributed by atoms with E-state index in [1.165, 1.54) is 0 Å². The van der Waals surface area contributed by atoms with E-state index in [2.05, 4.69) is 9.97 Å². The number of carbonyl (C=O) groups is 2. The van der Waals surface area contributed by atoms with Gasteiger partial charge in [-0.1, -0.05) is 17.7 Å². The number of hydrogen-bond acceptors (Lipinski definition) is 5. The number of likely N-dealkylation sites (tertiary alicyclic amines) is 1. The van der Waals surface area contributed by atoms with E-state index in [9.17, 15) is 9.59 Å². The molecule has 0 spiro atoms. The van der Waals surface area contributed by atoms with Crippen LogP contribution in [0.15, 0.2) is 36.5 Å². The number of anilines is 1. The molecule has 0 radical (unpaired) electrons. The second-order valence-electron chi connectivity index (χ2n) is 7.48. The first-order valence-electron chi connectivity index (χ1n) is 10.1. The third-order valence-corrected chi connectivity index (χ3v) is 5.61. The van der Waals surface area contributed by atoms with Crippen LogP contribution < -0.4 is 9.64 Å². The van der Waals surface area contributed by atoms with Crippen molar-refractivity contribution < 1.29 is 14.3 Å². The zero-order chi connectivity index (χ0) is 21.1. The summed E-state index contributed by atoms with van der Waals surface area (Å²) < 4.78 is 5.92. The maximum atomic E-state index is 12.7. The molecule has 158 valence electrons. The van der Waals surface area contributed by atoms with Crippen molar-refractivity contribution in [1.82, 2.24) is 19.8 Å². The number of nitrogens with zero attached hydrogens (tertiary/aromatic N) is 5. The highest BCUT2D eigenvalue weighted by molar-refractivity contribution is 6.30. The van der Waals surface area contributed by atoms with Gasteiger partial charge in [-0.25, -0.2) is 9.78 Å². The van der Waals surface area contributed by atoms with Gasteiger partial charge in [0.1, 0.15) is 18.5 Å². The van der Waals surface area contributed by atoms with Crippen molar-refractivity contribution >= 4 is 29.2 Å². The third-order valence-electron chi connectivity index (χ3n) is 5.37. The summed E-state index contributed by atoms with van der Waals surface area (Å²) in [7, 11) is 0. The minimum absolute atomic E-state index is 0.0232. The van der Waals surface area contributed by atoms with Gasteiger partial charge < -0.3 is 14.5 Å². The fourth-order valence-corrected chi connectivity index (χ4v) is 3.95. The number of amides is 3. The molecule has 2 aliphatic rings. The Balaban J connectivity index is 1.27. The largest absolute Gasteiger partial charge is 0.474 e. The molecule has 0 unspecified atom stereocenters. The van der Waals surface area contributed by atoms with Gasteiger partial charge in [-0.15, -0.1) is 0 Å². The van der Waals surface area contributed by atoms with E-state index in [-0.39, 0.29) is 24.6 Å². The number of urea groups is 1. The Hall–Kier alpha value is -2.87. The maximum Gasteiger partial charge on any atom is 0.325 e. The molecule has 8 nitrogen and oxygen atoms in total. The van der Waals surface area contributed by atoms with Gasteiger partial charge in [0, 0.05) is 62.0 Å². The van der Waals surface area contributed by atoms with Crippen molar-refractivity contribution in [2.45, 2.75) is 25.9 Å². The van der Waals surface area contributed by atoms with Crippen LogP contribution in [-0.2, 0) is 4.79 Å². The molecule has 0 saturated carbocycles. The Morgan fingerprint density at radius 3 is 2.73 bits per heavy atom. The molecule has 2 aromatic rings. The molecule has 0 aliphatic carbocycles. The SMILES string of the molecule is Cc1nccc(OC2CCN(C(=O)CN3CCN(c4cccc(Cl)c4)C3=O)CC2)n1. The first-order chi connectivity index (χ1) is 14.5. The monoisotopic (exact) mass is 429 g/mol. The standard InChI is InChI=1S/C21H24ClN5O3/c1-15-23-8-5-19(24-15)30-18-6-9-25(10-7-18)20(28)14-26-11-12-27(21(26)29)17-4-2-3-16(22)13-17/h2-5,8,13,18H,6-7,9-12,14H2,1H3. The van der Waals surface area contributed by atoms with Crippen LogP contribution in [0.5, 0.6) is 5.88 Å². The number of benzene rings is 1. The third kappa shape index (κ3) is 4.64. The van der Waals surface area contributed by atoms with Gasteiger partial charge in [-0.3, -0.25) is 9.69 Å². The Labute approximate surface area is 180 Å². The Bertz CT molecular complexity index is 932. The minimum Gasteiger partial charge on any atom is -0.474 e. The fraction of sp³-hybridized carbons (Fsp3) is 0.429. The van der Waals surface area contributed by atoms with Crippen molar-refractivity contribution in [2.24, 2.45) is 0 Å². The van der Waals surface area contributed by atoms with Crippen LogP contribution in [-0.4, -0.2) is 70.5 Å². The molecule has 2 fully saturated rings. The number of aryl methyl sites for hydroxylation is 1. The Morgan fingerprint density at radius 1 is 1.20 bits per heavy atom. The molecule has 0 bridgehead atoms. The van der Waals surface area contributed by atoms with E-state index >= 15 is 0 Å². The van der Waals surface area contributed by atoms with Crippen LogP contribution in [0, 0.1) is 6.92 Å². The quantitative estimate of drug-likeness (QED) is 0.730. The predicted molar refractivity (Wildman–Crippen MR) is 113 cm³/mol. The topological polar surface area (TPSA) is 78.9 Å². The number of aromatic nitrogens is 2. The Kier molecular flexibility index (Phi) is 6.03. The van der Waals surface area contributed by atoms with Gasteiger partial charge in [0.15, 0.2) is 0 Å². The van der Waals surface area contributed by atoms with E-state index in [0.29, 0.717) is 42.9 Å². The van der Waals surface area contributed by atoms with E-state index in [1.807, 2.05) is 19.1 Å². The molecule has 0 N–H and O–H groups in total. The lowest BCUT2D eigenvalue weighted by molar-refractivity contribution is -0.133. The van der Waals surface area contributed by atoms with Gasteiger partial charge in [-0.05, 0) is 25.1 Å². The van der Waals surface area contributed by atoms with Crippen LogP contribution in [0.4, 0.5) is 10.5 Å². The predicted octanol–water partition coefficient (Wildman–Crippen LogP) is 2.75. The van der Waals surface area contributed by atoms with Gasteiger partial charge in [0.2, 0.25) is 11.8 Å². The highest BCUT2D eigenvalue weighted by atomic mass is 35.5. The van der Waals surface area contributed by atoms with E-state index in [4.69, 9.17) is 16.3 Å². The second kappa shape index (κ2) is 8.87. The number of carbonyl (C=O) groups excluding carboxylic acids is 2. The molecule has 30 heavy (non-hydrogen) atoms. The van der Waals surface area contributed by atoms with E-state index in [1.54, 1.807) is 39.1 Å². The smallest absolute Gasteiger partial charge is 0.325 e. The lowest BCUT2D eigenvalue weighted by atomic mass is 10.1. The molecule has 2 aliphatic heterocycles. The summed E-state index contributed by atoms with van der Waals surface area (Å²) in [5.74, 6) is 1.20. The minimum atomic E-state index is -0.164. The van der Waals surface area contributed by atoms with Gasteiger partial charge >= 0.3 is 6.03 Å². The number of piperidine rings is 1. The first-order valence-corrected chi connectivity index (χ1v) is 10.4. The van der Waals surface area contributed by atoms with E-state index < -0.39 is 0 Å². The molecule has 9 heteroatoms. The summed E-state index contributed by atoms with van der Waals surface area (Å²) in [6.07, 6.45) is 3.17. The number of halogens is 1. The van der Waals surface area contributed by atoms with Crippen LogP contribution in [0.3, 0.4) is 0 Å². The average Bonchev–Trinajstić information content (AvgIpc) is 3.09. The maximum absolute atomic E-state index is 12.7. The van der Waals surface area contributed by atoms with Gasteiger partial charge in [0.25, 0.3) is 0 Å². The van der Waals surface area contributed by atoms with Gasteiger partial charge in [0.05, 0.1) is 0 Å². The average molecular weight is 430 g/mol. The van der Waals surface area contributed by atoms with Crippen molar-refractivity contribution in [3.63, 3.8) is 0 Å². The summed E-state index contributed by atoms with van der Waals surface area (Å²) in [6.45, 7) is 4.18. The number of rotatable bonds is 5. The van der Waals surface area contributed by atoms with Gasteiger partial charge in [-0.2, -0.15) is 4.98 Å². The molecule has 1 aromatic heterocycles. The summed E-state index contributed by atoms with van der Waals surface area (Å²) in [4.78, 5) is 38.8. The molecule has 3 heterocycles. The summed E-state index contributed by atoms with van der Waals surface area (Å²) in [5, 5.41) is 0.581. The van der Waals surface area contributed by atoms with Crippen LogP contribution >= 0.6 is 11.6 Å². The van der Waals surface area contributed by atoms with Crippen molar-refractivity contribution in [3.8, 4) is 5.88 Å². The molecule has 2 saturated heterocycles. The zero-order valence-corrected chi connectivity index (χ0v) is 17.6. The Morgan fingerprint density at radius 2 is 2.00 bits per heavy atom. The number of ether oxygens (including phenoxy) is 1.